The predicted molar refractivity (Wildman–Crippen MR) is 120 cm³/mol. The Morgan fingerprint density at radius 1 is 0.900 bits per heavy atom. The smallest absolute Gasteiger partial charge is 0.236 e. The Labute approximate surface area is 184 Å². The summed E-state index contributed by atoms with van der Waals surface area (Å²) in [4.78, 5) is 6.33. The lowest BCUT2D eigenvalue weighted by Gasteiger charge is -2.17. The fourth-order valence-electron chi connectivity index (χ4n) is 3.07. The van der Waals surface area contributed by atoms with E-state index in [-0.39, 0.29) is 21.7 Å². The normalized spacial score (nSPS) is 11.4. The molecule has 5 nitrogen and oxygen atoms in total. The standard InChI is InChI=1S/C23H19BrN2O3S/c1-26(16-17-8-4-2-5-9-17)23-22(25-21(29-23)18-10-6-3-7-11-18)30(27,28)20-14-12-19(24)13-15-20/h2-15H,16H2,1H3. The van der Waals surface area contributed by atoms with E-state index in [2.05, 4.69) is 20.9 Å². The molecule has 0 radical (unpaired) electrons. The van der Waals surface area contributed by atoms with E-state index in [0.29, 0.717) is 12.1 Å². The molecule has 0 saturated carbocycles. The minimum absolute atomic E-state index is 0.0953. The molecular weight excluding hydrogens is 464 g/mol. The molecule has 152 valence electrons. The maximum atomic E-state index is 13.4. The number of anilines is 1. The highest BCUT2D eigenvalue weighted by atomic mass is 79.9. The second-order valence-corrected chi connectivity index (χ2v) is 9.58. The van der Waals surface area contributed by atoms with Crippen molar-refractivity contribution in [1.82, 2.24) is 4.98 Å². The number of aromatic nitrogens is 1. The summed E-state index contributed by atoms with van der Waals surface area (Å²) >= 11 is 3.34. The van der Waals surface area contributed by atoms with Gasteiger partial charge in [-0.2, -0.15) is 4.98 Å². The SMILES string of the molecule is CN(Cc1ccccc1)c1oc(-c2ccccc2)nc1S(=O)(=O)c1ccc(Br)cc1. The summed E-state index contributed by atoms with van der Waals surface area (Å²) in [5.41, 5.74) is 1.74. The van der Waals surface area contributed by atoms with Crippen LogP contribution in [0.5, 0.6) is 0 Å². The third-order valence-corrected chi connectivity index (χ3v) is 6.78. The quantitative estimate of drug-likeness (QED) is 0.359. The number of hydrogen-bond acceptors (Lipinski definition) is 5. The van der Waals surface area contributed by atoms with Crippen molar-refractivity contribution in [3.05, 3.63) is 95.0 Å². The van der Waals surface area contributed by atoms with Gasteiger partial charge in [0, 0.05) is 23.6 Å². The van der Waals surface area contributed by atoms with E-state index in [0.717, 1.165) is 10.0 Å². The molecule has 0 amide bonds. The van der Waals surface area contributed by atoms with E-state index in [9.17, 15) is 8.42 Å². The van der Waals surface area contributed by atoms with Gasteiger partial charge in [-0.05, 0) is 42.0 Å². The summed E-state index contributed by atoms with van der Waals surface area (Å²) in [6, 6.07) is 25.5. The Morgan fingerprint density at radius 2 is 1.50 bits per heavy atom. The fraction of sp³-hybridized carbons (Fsp3) is 0.0870. The second-order valence-electron chi connectivity index (χ2n) is 6.79. The Morgan fingerprint density at radius 3 is 2.13 bits per heavy atom. The first-order chi connectivity index (χ1) is 14.4. The molecule has 0 N–H and O–H groups in total. The van der Waals surface area contributed by atoms with Gasteiger partial charge in [-0.15, -0.1) is 0 Å². The van der Waals surface area contributed by atoms with Crippen LogP contribution in [0.3, 0.4) is 0 Å². The maximum absolute atomic E-state index is 13.4. The molecule has 4 aromatic rings. The number of hydrogen-bond donors (Lipinski definition) is 0. The Hall–Kier alpha value is -2.90. The van der Waals surface area contributed by atoms with Gasteiger partial charge in [0.2, 0.25) is 26.6 Å². The van der Waals surface area contributed by atoms with Gasteiger partial charge in [-0.3, -0.25) is 0 Å². The van der Waals surface area contributed by atoms with Crippen molar-refractivity contribution < 1.29 is 12.8 Å². The van der Waals surface area contributed by atoms with Gasteiger partial charge in [-0.25, -0.2) is 8.42 Å². The molecule has 0 fully saturated rings. The van der Waals surface area contributed by atoms with Crippen LogP contribution in [0.2, 0.25) is 0 Å². The monoisotopic (exact) mass is 482 g/mol. The van der Waals surface area contributed by atoms with Crippen LogP contribution in [0.4, 0.5) is 5.88 Å². The van der Waals surface area contributed by atoms with Crippen molar-refractivity contribution in [2.45, 2.75) is 16.5 Å². The van der Waals surface area contributed by atoms with Crippen LogP contribution in [0.25, 0.3) is 11.5 Å². The van der Waals surface area contributed by atoms with Gasteiger partial charge in [0.15, 0.2) is 0 Å². The van der Waals surface area contributed by atoms with Crippen LogP contribution < -0.4 is 4.90 Å². The van der Waals surface area contributed by atoms with E-state index in [1.165, 1.54) is 0 Å². The summed E-state index contributed by atoms with van der Waals surface area (Å²) in [7, 11) is -2.08. The van der Waals surface area contributed by atoms with Gasteiger partial charge in [0.25, 0.3) is 0 Å². The molecule has 0 aliphatic heterocycles. The van der Waals surface area contributed by atoms with E-state index in [1.54, 1.807) is 36.2 Å². The molecule has 0 atom stereocenters. The Bertz CT molecular complexity index is 1240. The minimum atomic E-state index is -3.88. The van der Waals surface area contributed by atoms with E-state index < -0.39 is 9.84 Å². The third-order valence-electron chi connectivity index (χ3n) is 4.59. The molecule has 0 aliphatic carbocycles. The molecule has 0 unspecified atom stereocenters. The van der Waals surface area contributed by atoms with Gasteiger partial charge < -0.3 is 9.32 Å². The third kappa shape index (κ3) is 4.17. The van der Waals surface area contributed by atoms with Crippen LogP contribution in [-0.2, 0) is 16.4 Å². The number of halogens is 1. The van der Waals surface area contributed by atoms with Crippen molar-refractivity contribution in [3.63, 3.8) is 0 Å². The first kappa shape index (κ1) is 20.4. The lowest BCUT2D eigenvalue weighted by atomic mass is 10.2. The molecule has 0 spiro atoms. The van der Waals surface area contributed by atoms with E-state index in [4.69, 9.17) is 4.42 Å². The van der Waals surface area contributed by atoms with Crippen molar-refractivity contribution >= 4 is 31.7 Å². The maximum Gasteiger partial charge on any atom is 0.236 e. The molecule has 7 heteroatoms. The van der Waals surface area contributed by atoms with Crippen molar-refractivity contribution in [2.24, 2.45) is 0 Å². The molecule has 0 saturated heterocycles. The van der Waals surface area contributed by atoms with Gasteiger partial charge in [-0.1, -0.05) is 64.5 Å². The Balaban J connectivity index is 1.81. The van der Waals surface area contributed by atoms with Crippen LogP contribution in [0.1, 0.15) is 5.56 Å². The highest BCUT2D eigenvalue weighted by Crippen LogP contribution is 2.35. The van der Waals surface area contributed by atoms with E-state index >= 15 is 0 Å². The van der Waals surface area contributed by atoms with Crippen molar-refractivity contribution in [3.8, 4) is 11.5 Å². The average molecular weight is 483 g/mol. The van der Waals surface area contributed by atoms with Crippen LogP contribution in [0, 0.1) is 0 Å². The average Bonchev–Trinajstić information content (AvgIpc) is 3.22. The fourth-order valence-corrected chi connectivity index (χ4v) is 4.69. The number of benzene rings is 3. The summed E-state index contributed by atoms with van der Waals surface area (Å²) in [5.74, 6) is 0.474. The van der Waals surface area contributed by atoms with Gasteiger partial charge in [0.05, 0.1) is 4.90 Å². The summed E-state index contributed by atoms with van der Waals surface area (Å²) in [6.45, 7) is 0.479. The van der Waals surface area contributed by atoms with Crippen LogP contribution in [-0.4, -0.2) is 20.4 Å². The first-order valence-corrected chi connectivity index (χ1v) is 11.5. The highest BCUT2D eigenvalue weighted by molar-refractivity contribution is 9.10. The summed E-state index contributed by atoms with van der Waals surface area (Å²) in [6.07, 6.45) is 0. The largest absolute Gasteiger partial charge is 0.419 e. The first-order valence-electron chi connectivity index (χ1n) is 9.27. The second kappa shape index (κ2) is 8.45. The molecule has 30 heavy (non-hydrogen) atoms. The summed E-state index contributed by atoms with van der Waals surface area (Å²) < 4.78 is 33.6. The Kier molecular flexibility index (Phi) is 5.74. The van der Waals surface area contributed by atoms with Crippen molar-refractivity contribution in [2.75, 3.05) is 11.9 Å². The molecule has 4 rings (SSSR count). The van der Waals surface area contributed by atoms with Crippen LogP contribution in [0.15, 0.2) is 104 Å². The lowest BCUT2D eigenvalue weighted by Crippen LogP contribution is -2.18. The molecule has 1 heterocycles. The van der Waals surface area contributed by atoms with Gasteiger partial charge in [0.1, 0.15) is 0 Å². The minimum Gasteiger partial charge on any atom is -0.419 e. The zero-order valence-electron chi connectivity index (χ0n) is 16.2. The number of oxazole rings is 1. The zero-order chi connectivity index (χ0) is 21.1. The molecule has 3 aromatic carbocycles. The topological polar surface area (TPSA) is 63.4 Å². The number of sulfone groups is 1. The molecule has 0 bridgehead atoms. The lowest BCUT2D eigenvalue weighted by molar-refractivity contribution is 0.554. The van der Waals surface area contributed by atoms with Gasteiger partial charge >= 0.3 is 0 Å². The van der Waals surface area contributed by atoms with E-state index in [1.807, 2.05) is 60.7 Å². The predicted octanol–water partition coefficient (Wildman–Crippen LogP) is 5.57. The number of rotatable bonds is 6. The molecule has 1 aromatic heterocycles. The summed E-state index contributed by atoms with van der Waals surface area (Å²) in [5, 5.41) is -0.0953. The molecular formula is C23H19BrN2O3S. The molecule has 0 aliphatic rings. The highest BCUT2D eigenvalue weighted by Gasteiger charge is 2.30. The van der Waals surface area contributed by atoms with Crippen molar-refractivity contribution in [1.29, 1.82) is 0 Å². The van der Waals surface area contributed by atoms with Crippen LogP contribution >= 0.6 is 15.9 Å². The number of nitrogens with zero attached hydrogens (tertiary/aromatic N) is 2. The zero-order valence-corrected chi connectivity index (χ0v) is 18.6.